The molecule has 1 heterocycles. The minimum Gasteiger partial charge on any atom is -0.493 e. The number of hydrogen-bond acceptors (Lipinski definition) is 4. The summed E-state index contributed by atoms with van der Waals surface area (Å²) >= 11 is 0. The van der Waals surface area contributed by atoms with Crippen molar-refractivity contribution < 1.29 is 27.8 Å². The van der Waals surface area contributed by atoms with E-state index in [-0.39, 0.29) is 29.0 Å². The Kier molecular flexibility index (Phi) is 5.36. The Morgan fingerprint density at radius 1 is 1.39 bits per heavy atom. The lowest BCUT2D eigenvalue weighted by molar-refractivity contribution is -0.132. The number of likely N-dealkylation sites (N-methyl/N-ethyl adjacent to an activating group) is 1. The quantitative estimate of drug-likeness (QED) is 0.892. The van der Waals surface area contributed by atoms with Crippen LogP contribution < -0.4 is 14.8 Å². The highest BCUT2D eigenvalue weighted by atomic mass is 19.3. The number of ether oxygens (including phenoxy) is 2. The van der Waals surface area contributed by atoms with Crippen LogP contribution in [0.2, 0.25) is 0 Å². The third kappa shape index (κ3) is 4.30. The van der Waals surface area contributed by atoms with Crippen LogP contribution in [-0.2, 0) is 4.79 Å². The summed E-state index contributed by atoms with van der Waals surface area (Å²) in [5, 5.41) is 2.79. The summed E-state index contributed by atoms with van der Waals surface area (Å²) in [7, 11) is 2.99. The van der Waals surface area contributed by atoms with Crippen molar-refractivity contribution in [3.05, 3.63) is 23.8 Å². The second-order valence-electron chi connectivity index (χ2n) is 5.23. The van der Waals surface area contributed by atoms with Gasteiger partial charge in [-0.1, -0.05) is 0 Å². The number of methoxy groups -OCH3 is 1. The number of carbonyl (C=O) groups excluding carboxylic acids is 2. The third-order valence-electron chi connectivity index (χ3n) is 3.60. The molecule has 1 aromatic rings. The van der Waals surface area contributed by atoms with Gasteiger partial charge in [0.25, 0.3) is 5.91 Å². The average Bonchev–Trinajstić information content (AvgIpc) is 2.50. The number of piperidine rings is 1. The summed E-state index contributed by atoms with van der Waals surface area (Å²) in [5.41, 5.74) is 0.181. The molecule has 1 aliphatic rings. The predicted molar refractivity (Wildman–Crippen MR) is 77.8 cm³/mol. The Morgan fingerprint density at radius 3 is 2.74 bits per heavy atom. The number of carbonyl (C=O) groups is 2. The normalized spacial score (nSPS) is 18.0. The van der Waals surface area contributed by atoms with Gasteiger partial charge in [0, 0.05) is 31.6 Å². The van der Waals surface area contributed by atoms with E-state index in [1.54, 1.807) is 11.9 Å². The van der Waals surface area contributed by atoms with E-state index in [2.05, 4.69) is 10.1 Å². The molecular formula is C15H18F2N2O4. The first-order valence-electron chi connectivity index (χ1n) is 7.08. The zero-order valence-electron chi connectivity index (χ0n) is 12.8. The zero-order valence-corrected chi connectivity index (χ0v) is 12.8. The fraction of sp³-hybridized carbons (Fsp3) is 0.467. The van der Waals surface area contributed by atoms with E-state index in [4.69, 9.17) is 4.74 Å². The van der Waals surface area contributed by atoms with Gasteiger partial charge in [-0.05, 0) is 24.6 Å². The molecule has 0 bridgehead atoms. The topological polar surface area (TPSA) is 67.9 Å². The first-order chi connectivity index (χ1) is 10.9. The van der Waals surface area contributed by atoms with Gasteiger partial charge in [-0.2, -0.15) is 8.78 Å². The maximum absolute atomic E-state index is 12.4. The summed E-state index contributed by atoms with van der Waals surface area (Å²) in [6.07, 6.45) is 0.912. The lowest BCUT2D eigenvalue weighted by Crippen LogP contribution is -2.48. The highest BCUT2D eigenvalue weighted by Crippen LogP contribution is 2.29. The molecule has 2 amide bonds. The van der Waals surface area contributed by atoms with Crippen molar-refractivity contribution >= 4 is 11.8 Å². The highest BCUT2D eigenvalue weighted by molar-refractivity contribution is 5.95. The summed E-state index contributed by atoms with van der Waals surface area (Å²) in [5.74, 6) is -0.469. The monoisotopic (exact) mass is 328 g/mol. The predicted octanol–water partition coefficient (Wildman–Crippen LogP) is 1.65. The van der Waals surface area contributed by atoms with Gasteiger partial charge in [0.05, 0.1) is 7.11 Å². The van der Waals surface area contributed by atoms with E-state index in [1.165, 1.54) is 25.3 Å². The van der Waals surface area contributed by atoms with E-state index in [1.807, 2.05) is 0 Å². The van der Waals surface area contributed by atoms with Gasteiger partial charge in [-0.3, -0.25) is 9.59 Å². The second kappa shape index (κ2) is 7.26. The Balaban J connectivity index is 2.08. The molecule has 8 heteroatoms. The molecule has 1 N–H and O–H groups in total. The Hall–Kier alpha value is -2.38. The second-order valence-corrected chi connectivity index (χ2v) is 5.23. The van der Waals surface area contributed by atoms with Crippen molar-refractivity contribution in [3.63, 3.8) is 0 Å². The molecule has 126 valence electrons. The molecule has 0 aromatic heterocycles. The van der Waals surface area contributed by atoms with E-state index in [9.17, 15) is 18.4 Å². The fourth-order valence-electron chi connectivity index (χ4n) is 2.40. The lowest BCUT2D eigenvalue weighted by atomic mass is 10.0. The SMILES string of the molecule is COc1ccc(C(=O)N[C@@H]2CCC(=O)N(C)C2)cc1OC(F)F. The number of alkyl halides is 2. The average molecular weight is 328 g/mol. The van der Waals surface area contributed by atoms with Gasteiger partial charge in [0.15, 0.2) is 11.5 Å². The number of amides is 2. The van der Waals surface area contributed by atoms with Crippen molar-refractivity contribution in [3.8, 4) is 11.5 Å². The van der Waals surface area contributed by atoms with Crippen LogP contribution in [-0.4, -0.2) is 50.1 Å². The van der Waals surface area contributed by atoms with Gasteiger partial charge in [-0.25, -0.2) is 0 Å². The van der Waals surface area contributed by atoms with Crippen molar-refractivity contribution in [1.29, 1.82) is 0 Å². The number of nitrogens with one attached hydrogen (secondary N) is 1. The first-order valence-corrected chi connectivity index (χ1v) is 7.08. The van der Waals surface area contributed by atoms with Crippen LogP contribution in [0.1, 0.15) is 23.2 Å². The summed E-state index contributed by atoms with van der Waals surface area (Å²) < 4.78 is 34.1. The zero-order chi connectivity index (χ0) is 17.0. The van der Waals surface area contributed by atoms with Gasteiger partial charge in [-0.15, -0.1) is 0 Å². The van der Waals surface area contributed by atoms with Gasteiger partial charge in [0.2, 0.25) is 5.91 Å². The molecule has 23 heavy (non-hydrogen) atoms. The largest absolute Gasteiger partial charge is 0.493 e. The van der Waals surface area contributed by atoms with E-state index >= 15 is 0 Å². The molecule has 0 radical (unpaired) electrons. The minimum absolute atomic E-state index is 0.0348. The number of benzene rings is 1. The number of likely N-dealkylation sites (tertiary alicyclic amines) is 1. The van der Waals surface area contributed by atoms with E-state index in [0.717, 1.165) is 0 Å². The molecule has 1 aliphatic heterocycles. The van der Waals surface area contributed by atoms with Crippen LogP contribution in [0.4, 0.5) is 8.78 Å². The summed E-state index contributed by atoms with van der Waals surface area (Å²) in [6, 6.07) is 3.89. The van der Waals surface area contributed by atoms with Crippen LogP contribution in [0.3, 0.4) is 0 Å². The molecule has 6 nitrogen and oxygen atoms in total. The van der Waals surface area contributed by atoms with Crippen LogP contribution in [0, 0.1) is 0 Å². The van der Waals surface area contributed by atoms with Gasteiger partial charge in [0.1, 0.15) is 0 Å². The van der Waals surface area contributed by atoms with Crippen molar-refractivity contribution in [2.45, 2.75) is 25.5 Å². The number of hydrogen-bond donors (Lipinski definition) is 1. The molecule has 1 fully saturated rings. The molecule has 0 spiro atoms. The number of halogens is 2. The lowest BCUT2D eigenvalue weighted by Gasteiger charge is -2.30. The Labute approximate surface area is 132 Å². The van der Waals surface area contributed by atoms with Crippen LogP contribution in [0.15, 0.2) is 18.2 Å². The standard InChI is InChI=1S/C15H18F2N2O4/c1-19-8-10(4-6-13(19)20)18-14(21)9-3-5-11(22-2)12(7-9)23-15(16)17/h3,5,7,10,15H,4,6,8H2,1-2H3,(H,18,21)/t10-/m1/s1. The van der Waals surface area contributed by atoms with Crippen molar-refractivity contribution in [1.82, 2.24) is 10.2 Å². The molecule has 1 atom stereocenters. The van der Waals surface area contributed by atoms with Crippen LogP contribution in [0.25, 0.3) is 0 Å². The Morgan fingerprint density at radius 2 is 2.13 bits per heavy atom. The van der Waals surface area contributed by atoms with Gasteiger partial charge < -0.3 is 19.7 Å². The molecular weight excluding hydrogens is 310 g/mol. The fourth-order valence-corrected chi connectivity index (χ4v) is 2.40. The summed E-state index contributed by atoms with van der Waals surface area (Å²) in [4.78, 5) is 25.2. The smallest absolute Gasteiger partial charge is 0.387 e. The molecule has 1 saturated heterocycles. The molecule has 0 unspecified atom stereocenters. The maximum Gasteiger partial charge on any atom is 0.387 e. The third-order valence-corrected chi connectivity index (χ3v) is 3.60. The minimum atomic E-state index is -3.01. The van der Waals surface area contributed by atoms with E-state index < -0.39 is 12.5 Å². The Bertz CT molecular complexity index is 595. The summed E-state index contributed by atoms with van der Waals surface area (Å²) in [6.45, 7) is -2.60. The molecule has 0 saturated carbocycles. The van der Waals surface area contributed by atoms with Crippen LogP contribution in [0.5, 0.6) is 11.5 Å². The molecule has 2 rings (SSSR count). The number of nitrogens with zero attached hydrogens (tertiary/aromatic N) is 1. The highest BCUT2D eigenvalue weighted by Gasteiger charge is 2.24. The first kappa shape index (κ1) is 17.0. The van der Waals surface area contributed by atoms with Gasteiger partial charge >= 0.3 is 6.61 Å². The molecule has 1 aromatic carbocycles. The van der Waals surface area contributed by atoms with Crippen molar-refractivity contribution in [2.75, 3.05) is 20.7 Å². The maximum atomic E-state index is 12.4. The van der Waals surface area contributed by atoms with E-state index in [0.29, 0.717) is 19.4 Å². The van der Waals surface area contributed by atoms with Crippen molar-refractivity contribution in [2.24, 2.45) is 0 Å². The number of rotatable bonds is 5. The molecule has 0 aliphatic carbocycles. The van der Waals surface area contributed by atoms with Crippen LogP contribution >= 0.6 is 0 Å².